The molecule has 2 aromatic carbocycles. The van der Waals surface area contributed by atoms with Gasteiger partial charge in [0.05, 0.1) is 15.6 Å². The average Bonchev–Trinajstić information content (AvgIpc) is 2.54. The number of aliphatic carboxylic acids is 1. The molecule has 1 N–H and O–H groups in total. The maximum absolute atomic E-state index is 12.9. The van der Waals surface area contributed by atoms with Crippen LogP contribution >= 0.6 is 23.2 Å². The minimum Gasteiger partial charge on any atom is -0.480 e. The largest absolute Gasteiger partial charge is 0.480 e. The summed E-state index contributed by atoms with van der Waals surface area (Å²) in [6, 6.07) is 8.30. The summed E-state index contributed by atoms with van der Waals surface area (Å²) >= 11 is 11.7. The topological polar surface area (TPSA) is 118 Å². The molecule has 2 rings (SSSR count). The third-order valence-electron chi connectivity index (χ3n) is 3.07. The normalized spacial score (nSPS) is 11.1. The van der Waals surface area contributed by atoms with E-state index >= 15 is 0 Å². The average molecular weight is 405 g/mol. The molecule has 0 radical (unpaired) electrons. The first kappa shape index (κ1) is 19.0. The lowest BCUT2D eigenvalue weighted by atomic mass is 10.3. The Labute approximate surface area is 152 Å². The van der Waals surface area contributed by atoms with Crippen LogP contribution < -0.4 is 4.31 Å². The first-order chi connectivity index (χ1) is 11.6. The van der Waals surface area contributed by atoms with Gasteiger partial charge in [-0.15, -0.1) is 0 Å². The second-order valence-corrected chi connectivity index (χ2v) is 7.43. The molecule has 0 fully saturated rings. The first-order valence-corrected chi connectivity index (χ1v) is 8.76. The Morgan fingerprint density at radius 2 is 1.88 bits per heavy atom. The third kappa shape index (κ3) is 4.19. The van der Waals surface area contributed by atoms with Gasteiger partial charge in [0.25, 0.3) is 15.7 Å². The van der Waals surface area contributed by atoms with Gasteiger partial charge in [-0.05, 0) is 24.3 Å². The molecule has 0 aliphatic heterocycles. The summed E-state index contributed by atoms with van der Waals surface area (Å²) in [5.41, 5.74) is -0.576. The molecular formula is C14H10Cl2N2O6S. The number of halogens is 2. The number of rotatable bonds is 6. The van der Waals surface area contributed by atoms with Gasteiger partial charge >= 0.3 is 5.97 Å². The number of carboxylic acid groups (broad SMARTS) is 1. The molecule has 0 spiro atoms. The Hall–Kier alpha value is -2.36. The zero-order valence-electron chi connectivity index (χ0n) is 12.3. The minimum absolute atomic E-state index is 0.0808. The molecule has 0 atom stereocenters. The number of sulfonamides is 1. The number of carboxylic acids is 1. The zero-order valence-corrected chi connectivity index (χ0v) is 14.6. The molecule has 0 aromatic heterocycles. The van der Waals surface area contributed by atoms with Gasteiger partial charge in [0.1, 0.15) is 11.4 Å². The van der Waals surface area contributed by atoms with Gasteiger partial charge < -0.3 is 5.11 Å². The summed E-state index contributed by atoms with van der Waals surface area (Å²) in [7, 11) is -4.43. The lowest BCUT2D eigenvalue weighted by molar-refractivity contribution is -0.384. The summed E-state index contributed by atoms with van der Waals surface area (Å²) in [4.78, 5) is 20.9. The second kappa shape index (κ2) is 7.26. The van der Waals surface area contributed by atoms with Crippen molar-refractivity contribution >= 4 is 50.6 Å². The number of anilines is 1. The number of benzene rings is 2. The Bertz CT molecular complexity index is 948. The molecule has 0 amide bonds. The maximum atomic E-state index is 12.9. The standard InChI is InChI=1S/C14H10Cl2N2O6S/c15-9-4-5-12(16)13(6-9)25(23,24)17(8-14(19)20)10-2-1-3-11(7-10)18(21)22/h1-7H,8H2,(H,19,20). The van der Waals surface area contributed by atoms with Gasteiger partial charge in [-0.3, -0.25) is 19.2 Å². The molecule has 0 bridgehead atoms. The van der Waals surface area contributed by atoms with E-state index in [0.717, 1.165) is 18.2 Å². The van der Waals surface area contributed by atoms with E-state index in [9.17, 15) is 23.3 Å². The molecule has 0 saturated carbocycles. The van der Waals surface area contributed by atoms with Gasteiger partial charge in [-0.2, -0.15) is 0 Å². The lowest BCUT2D eigenvalue weighted by Gasteiger charge is -2.23. The molecule has 0 unspecified atom stereocenters. The van der Waals surface area contributed by atoms with Crippen molar-refractivity contribution in [3.8, 4) is 0 Å². The van der Waals surface area contributed by atoms with Crippen molar-refractivity contribution in [2.75, 3.05) is 10.8 Å². The van der Waals surface area contributed by atoms with Crippen LogP contribution in [0.4, 0.5) is 11.4 Å². The fourth-order valence-corrected chi connectivity index (χ4v) is 4.14. The predicted octanol–water partition coefficient (Wildman–Crippen LogP) is 3.18. The molecule has 2 aromatic rings. The fraction of sp³-hybridized carbons (Fsp3) is 0.0714. The first-order valence-electron chi connectivity index (χ1n) is 6.57. The number of non-ortho nitro benzene ring substituents is 1. The summed E-state index contributed by atoms with van der Waals surface area (Å²) in [6.45, 7) is -0.952. The van der Waals surface area contributed by atoms with Gasteiger partial charge in [-0.1, -0.05) is 29.3 Å². The van der Waals surface area contributed by atoms with Crippen LogP contribution in [0.5, 0.6) is 0 Å². The summed E-state index contributed by atoms with van der Waals surface area (Å²) in [5.74, 6) is -1.45. The lowest BCUT2D eigenvalue weighted by Crippen LogP contribution is -2.36. The van der Waals surface area contributed by atoms with Crippen molar-refractivity contribution < 1.29 is 23.2 Å². The molecule has 25 heavy (non-hydrogen) atoms. The van der Waals surface area contributed by atoms with Crippen molar-refractivity contribution in [3.05, 3.63) is 62.6 Å². The summed E-state index contributed by atoms with van der Waals surface area (Å²) in [5, 5.41) is 19.9. The summed E-state index contributed by atoms with van der Waals surface area (Å²) < 4.78 is 26.3. The Morgan fingerprint density at radius 1 is 1.20 bits per heavy atom. The second-order valence-electron chi connectivity index (χ2n) is 4.76. The van der Waals surface area contributed by atoms with E-state index in [0.29, 0.717) is 4.31 Å². The predicted molar refractivity (Wildman–Crippen MR) is 91.7 cm³/mol. The van der Waals surface area contributed by atoms with Crippen LogP contribution in [0, 0.1) is 10.1 Å². The maximum Gasteiger partial charge on any atom is 0.324 e. The number of carbonyl (C=O) groups is 1. The Balaban J connectivity index is 2.64. The third-order valence-corrected chi connectivity index (χ3v) is 5.56. The van der Waals surface area contributed by atoms with E-state index in [1.165, 1.54) is 24.3 Å². The van der Waals surface area contributed by atoms with Crippen LogP contribution in [0.1, 0.15) is 0 Å². The van der Waals surface area contributed by atoms with Gasteiger partial charge in [0.15, 0.2) is 0 Å². The molecule has 8 nitrogen and oxygen atoms in total. The highest BCUT2D eigenvalue weighted by atomic mass is 35.5. The zero-order chi connectivity index (χ0) is 18.8. The Kier molecular flexibility index (Phi) is 5.51. The quantitative estimate of drug-likeness (QED) is 0.583. The van der Waals surface area contributed by atoms with Crippen molar-refractivity contribution in [1.29, 1.82) is 0 Å². The van der Waals surface area contributed by atoms with Crippen molar-refractivity contribution in [2.45, 2.75) is 4.90 Å². The van der Waals surface area contributed by atoms with Gasteiger partial charge in [0, 0.05) is 17.2 Å². The highest BCUT2D eigenvalue weighted by Crippen LogP contribution is 2.31. The van der Waals surface area contributed by atoms with Crippen LogP contribution in [0.3, 0.4) is 0 Å². The molecular weight excluding hydrogens is 395 g/mol. The van der Waals surface area contributed by atoms with Crippen LogP contribution in [-0.2, 0) is 14.8 Å². The van der Waals surface area contributed by atoms with Gasteiger partial charge in [-0.25, -0.2) is 8.42 Å². The van der Waals surface area contributed by atoms with E-state index < -0.39 is 32.4 Å². The fourth-order valence-electron chi connectivity index (χ4n) is 1.99. The van der Waals surface area contributed by atoms with E-state index in [4.69, 9.17) is 28.3 Å². The van der Waals surface area contributed by atoms with Crippen molar-refractivity contribution in [2.24, 2.45) is 0 Å². The number of hydrogen-bond donors (Lipinski definition) is 1. The number of nitro benzene ring substituents is 1. The van der Waals surface area contributed by atoms with Crippen LogP contribution in [0.2, 0.25) is 10.0 Å². The Morgan fingerprint density at radius 3 is 2.48 bits per heavy atom. The molecule has 0 saturated heterocycles. The van der Waals surface area contributed by atoms with Gasteiger partial charge in [0.2, 0.25) is 0 Å². The van der Waals surface area contributed by atoms with E-state index in [1.807, 2.05) is 0 Å². The van der Waals surface area contributed by atoms with Crippen molar-refractivity contribution in [3.63, 3.8) is 0 Å². The highest BCUT2D eigenvalue weighted by Gasteiger charge is 2.30. The number of nitrogens with zero attached hydrogens (tertiary/aromatic N) is 2. The monoisotopic (exact) mass is 404 g/mol. The number of hydrogen-bond acceptors (Lipinski definition) is 5. The van der Waals surface area contributed by atoms with Crippen LogP contribution in [0.15, 0.2) is 47.4 Å². The molecule has 132 valence electrons. The molecule has 0 heterocycles. The highest BCUT2D eigenvalue weighted by molar-refractivity contribution is 7.93. The smallest absolute Gasteiger partial charge is 0.324 e. The van der Waals surface area contributed by atoms with Crippen LogP contribution in [-0.4, -0.2) is 31.0 Å². The van der Waals surface area contributed by atoms with Crippen molar-refractivity contribution in [1.82, 2.24) is 0 Å². The summed E-state index contributed by atoms with van der Waals surface area (Å²) in [6.07, 6.45) is 0. The molecule has 0 aliphatic rings. The SMILES string of the molecule is O=C(O)CN(c1cccc([N+](=O)[O-])c1)S(=O)(=O)c1cc(Cl)ccc1Cl. The van der Waals surface area contributed by atoms with E-state index in [-0.39, 0.29) is 21.4 Å². The van der Waals surface area contributed by atoms with Crippen LogP contribution in [0.25, 0.3) is 0 Å². The minimum atomic E-state index is -4.43. The molecule has 0 aliphatic carbocycles. The molecule has 11 heteroatoms. The van der Waals surface area contributed by atoms with E-state index in [1.54, 1.807) is 0 Å². The number of nitro groups is 1. The van der Waals surface area contributed by atoms with E-state index in [2.05, 4.69) is 0 Å².